The van der Waals surface area contributed by atoms with E-state index in [0.717, 1.165) is 6.07 Å². The molecule has 0 fully saturated rings. The third-order valence-corrected chi connectivity index (χ3v) is 2.36. The maximum Gasteiger partial charge on any atom is 0.270 e. The molecular formula is C11H15F2N3O2. The van der Waals surface area contributed by atoms with Gasteiger partial charge in [-0.2, -0.15) is 0 Å². The van der Waals surface area contributed by atoms with Crippen LogP contribution < -0.4 is 5.32 Å². The molecular weight excluding hydrogens is 244 g/mol. The van der Waals surface area contributed by atoms with Crippen molar-refractivity contribution in [3.8, 4) is 0 Å². The Bertz CT molecular complexity index is 425. The number of hydrogen-bond donors (Lipinski definition) is 1. The van der Waals surface area contributed by atoms with Crippen molar-refractivity contribution in [2.75, 3.05) is 32.5 Å². The zero-order valence-corrected chi connectivity index (χ0v) is 10.2. The van der Waals surface area contributed by atoms with Crippen molar-refractivity contribution in [1.29, 1.82) is 0 Å². The number of nitrogens with zero attached hydrogens (tertiary/aromatic N) is 2. The van der Waals surface area contributed by atoms with E-state index in [2.05, 4.69) is 5.32 Å². The molecule has 7 heteroatoms. The highest BCUT2D eigenvalue weighted by molar-refractivity contribution is 5.56. The Kier molecular flexibility index (Phi) is 4.96. The van der Waals surface area contributed by atoms with Crippen molar-refractivity contribution in [3.63, 3.8) is 0 Å². The number of likely N-dealkylation sites (N-methyl/N-ethyl adjacent to an activating group) is 1. The van der Waals surface area contributed by atoms with Crippen molar-refractivity contribution < 1.29 is 13.7 Å². The summed E-state index contributed by atoms with van der Waals surface area (Å²) in [6, 6.07) is 3.43. The summed E-state index contributed by atoms with van der Waals surface area (Å²) in [5, 5.41) is 13.4. The Balaban J connectivity index is 2.86. The van der Waals surface area contributed by atoms with E-state index < -0.39 is 11.3 Å². The molecule has 1 aromatic rings. The van der Waals surface area contributed by atoms with Crippen molar-refractivity contribution >= 4 is 11.4 Å². The quantitative estimate of drug-likeness (QED) is 0.630. The van der Waals surface area contributed by atoms with Crippen LogP contribution in [0.3, 0.4) is 0 Å². The highest BCUT2D eigenvalue weighted by atomic mass is 19.3. The third kappa shape index (κ3) is 3.92. The number of nitrogens with one attached hydrogen (secondary N) is 1. The van der Waals surface area contributed by atoms with Crippen LogP contribution in [0, 0.1) is 10.1 Å². The third-order valence-electron chi connectivity index (χ3n) is 2.36. The van der Waals surface area contributed by atoms with Gasteiger partial charge in [0.1, 0.15) is 0 Å². The van der Waals surface area contributed by atoms with Crippen molar-refractivity contribution in [2.45, 2.75) is 6.43 Å². The fourth-order valence-corrected chi connectivity index (χ4v) is 1.42. The second kappa shape index (κ2) is 6.25. The zero-order valence-electron chi connectivity index (χ0n) is 10.2. The van der Waals surface area contributed by atoms with Crippen LogP contribution in [0.5, 0.6) is 0 Å². The van der Waals surface area contributed by atoms with Gasteiger partial charge in [0.05, 0.1) is 4.92 Å². The van der Waals surface area contributed by atoms with Crippen LogP contribution in [0.25, 0.3) is 0 Å². The Morgan fingerprint density at radius 2 is 2.11 bits per heavy atom. The Labute approximate surface area is 104 Å². The molecule has 0 aliphatic heterocycles. The molecule has 0 amide bonds. The maximum absolute atomic E-state index is 12.8. The number of halogens is 2. The van der Waals surface area contributed by atoms with Crippen LogP contribution >= 0.6 is 0 Å². The normalized spacial score (nSPS) is 11.0. The Morgan fingerprint density at radius 3 is 2.61 bits per heavy atom. The molecule has 0 saturated heterocycles. The fraction of sp³-hybridized carbons (Fsp3) is 0.455. The van der Waals surface area contributed by atoms with Crippen molar-refractivity contribution in [3.05, 3.63) is 33.9 Å². The summed E-state index contributed by atoms with van der Waals surface area (Å²) < 4.78 is 25.6. The first-order chi connectivity index (χ1) is 8.41. The summed E-state index contributed by atoms with van der Waals surface area (Å²) in [5.41, 5.74) is -0.441. The largest absolute Gasteiger partial charge is 0.383 e. The summed E-state index contributed by atoms with van der Waals surface area (Å²) in [6.07, 6.45) is -2.74. The lowest BCUT2D eigenvalue weighted by atomic mass is 10.1. The molecule has 0 aromatic heterocycles. The smallest absolute Gasteiger partial charge is 0.270 e. The van der Waals surface area contributed by atoms with Gasteiger partial charge in [-0.1, -0.05) is 0 Å². The van der Waals surface area contributed by atoms with E-state index in [1.807, 2.05) is 19.0 Å². The SMILES string of the molecule is CN(C)CCNc1ccc([N+](=O)[O-])cc1C(F)F. The molecule has 0 saturated carbocycles. The standard InChI is InChI=1S/C11H15F2N3O2/c1-15(2)6-5-14-10-4-3-8(16(17)18)7-9(10)11(12)13/h3-4,7,11,14H,5-6H2,1-2H3. The van der Waals surface area contributed by atoms with Crippen LogP contribution in [-0.2, 0) is 0 Å². The van der Waals surface area contributed by atoms with Crippen molar-refractivity contribution in [2.24, 2.45) is 0 Å². The second-order valence-electron chi connectivity index (χ2n) is 4.06. The highest BCUT2D eigenvalue weighted by Gasteiger charge is 2.17. The van der Waals surface area contributed by atoms with Crippen LogP contribution in [0.2, 0.25) is 0 Å². The number of alkyl halides is 2. The van der Waals surface area contributed by atoms with E-state index in [-0.39, 0.29) is 16.9 Å². The van der Waals surface area contributed by atoms with E-state index in [0.29, 0.717) is 13.1 Å². The van der Waals surface area contributed by atoms with E-state index in [1.165, 1.54) is 12.1 Å². The number of non-ortho nitro benzene ring substituents is 1. The van der Waals surface area contributed by atoms with Gasteiger partial charge in [-0.3, -0.25) is 10.1 Å². The van der Waals surface area contributed by atoms with Crippen LogP contribution in [0.1, 0.15) is 12.0 Å². The van der Waals surface area contributed by atoms with Gasteiger partial charge in [-0.15, -0.1) is 0 Å². The number of benzene rings is 1. The van der Waals surface area contributed by atoms with Crippen LogP contribution in [-0.4, -0.2) is 37.0 Å². The van der Waals surface area contributed by atoms with Crippen LogP contribution in [0.15, 0.2) is 18.2 Å². The molecule has 1 N–H and O–H groups in total. The monoisotopic (exact) mass is 259 g/mol. The lowest BCUT2D eigenvalue weighted by Crippen LogP contribution is -2.21. The van der Waals surface area contributed by atoms with Gasteiger partial charge >= 0.3 is 0 Å². The van der Waals surface area contributed by atoms with Crippen LogP contribution in [0.4, 0.5) is 20.2 Å². The Morgan fingerprint density at radius 1 is 1.44 bits per heavy atom. The summed E-state index contributed by atoms with van der Waals surface area (Å²) >= 11 is 0. The predicted molar refractivity (Wildman–Crippen MR) is 65.1 cm³/mol. The average molecular weight is 259 g/mol. The molecule has 18 heavy (non-hydrogen) atoms. The summed E-state index contributed by atoms with van der Waals surface area (Å²) in [6.45, 7) is 1.17. The number of rotatable bonds is 6. The molecule has 0 aliphatic carbocycles. The number of nitro groups is 1. The van der Waals surface area contributed by atoms with E-state index in [9.17, 15) is 18.9 Å². The minimum atomic E-state index is -2.74. The first kappa shape index (κ1) is 14.3. The lowest BCUT2D eigenvalue weighted by Gasteiger charge is -2.14. The minimum Gasteiger partial charge on any atom is -0.383 e. The topological polar surface area (TPSA) is 58.4 Å². The van der Waals surface area contributed by atoms with Gasteiger partial charge in [0.15, 0.2) is 0 Å². The molecule has 0 atom stereocenters. The average Bonchev–Trinajstić information content (AvgIpc) is 2.28. The van der Waals surface area contributed by atoms with E-state index in [4.69, 9.17) is 0 Å². The highest BCUT2D eigenvalue weighted by Crippen LogP contribution is 2.30. The fourth-order valence-electron chi connectivity index (χ4n) is 1.42. The van der Waals surface area contributed by atoms with E-state index >= 15 is 0 Å². The molecule has 100 valence electrons. The van der Waals surface area contributed by atoms with E-state index in [1.54, 1.807) is 0 Å². The maximum atomic E-state index is 12.8. The summed E-state index contributed by atoms with van der Waals surface area (Å²) in [4.78, 5) is 11.7. The van der Waals surface area contributed by atoms with Gasteiger partial charge < -0.3 is 10.2 Å². The van der Waals surface area contributed by atoms with Gasteiger partial charge in [0.25, 0.3) is 12.1 Å². The predicted octanol–water partition coefficient (Wildman–Crippen LogP) is 2.51. The molecule has 0 spiro atoms. The van der Waals surface area contributed by atoms with Crippen molar-refractivity contribution in [1.82, 2.24) is 4.90 Å². The molecule has 1 aromatic carbocycles. The molecule has 0 radical (unpaired) electrons. The van der Waals surface area contributed by atoms with Gasteiger partial charge in [-0.05, 0) is 20.2 Å². The minimum absolute atomic E-state index is 0.234. The van der Waals surface area contributed by atoms with Gasteiger partial charge in [-0.25, -0.2) is 8.78 Å². The molecule has 0 heterocycles. The van der Waals surface area contributed by atoms with Gasteiger partial charge in [0, 0.05) is 36.5 Å². The second-order valence-corrected chi connectivity index (χ2v) is 4.06. The Hall–Kier alpha value is -1.76. The number of hydrogen-bond acceptors (Lipinski definition) is 4. The molecule has 0 unspecified atom stereocenters. The molecule has 0 bridgehead atoms. The zero-order chi connectivity index (χ0) is 13.7. The molecule has 0 aliphatic rings. The summed E-state index contributed by atoms with van der Waals surface area (Å²) in [7, 11) is 3.73. The lowest BCUT2D eigenvalue weighted by molar-refractivity contribution is -0.385. The first-order valence-corrected chi connectivity index (χ1v) is 5.37. The molecule has 1 rings (SSSR count). The number of anilines is 1. The molecule has 5 nitrogen and oxygen atoms in total. The first-order valence-electron chi connectivity index (χ1n) is 5.37. The summed E-state index contributed by atoms with van der Waals surface area (Å²) in [5.74, 6) is 0. The van der Waals surface area contributed by atoms with Gasteiger partial charge in [0.2, 0.25) is 0 Å². The number of nitro benzene ring substituents is 1.